The van der Waals surface area contributed by atoms with E-state index in [0.29, 0.717) is 11.4 Å². The summed E-state index contributed by atoms with van der Waals surface area (Å²) >= 11 is 1.42. The molecule has 0 unspecified atom stereocenters. The molecule has 0 radical (unpaired) electrons. The van der Waals surface area contributed by atoms with Gasteiger partial charge in [0.15, 0.2) is 0 Å². The quantitative estimate of drug-likeness (QED) is 0.618. The van der Waals surface area contributed by atoms with Crippen molar-refractivity contribution in [3.05, 3.63) is 71.4 Å². The number of aromatic nitrogens is 1. The van der Waals surface area contributed by atoms with E-state index in [2.05, 4.69) is 11.4 Å². The summed E-state index contributed by atoms with van der Waals surface area (Å²) in [6, 6.07) is 19.5. The topological polar surface area (TPSA) is 67.0 Å². The van der Waals surface area contributed by atoms with Crippen LogP contribution in [0.25, 0.3) is 5.69 Å². The van der Waals surface area contributed by atoms with Gasteiger partial charge in [-0.25, -0.2) is 0 Å². The highest BCUT2D eigenvalue weighted by molar-refractivity contribution is 8.00. The summed E-state index contributed by atoms with van der Waals surface area (Å²) in [4.78, 5) is 13.6. The van der Waals surface area contributed by atoms with Gasteiger partial charge < -0.3 is 10.1 Å². The largest absolute Gasteiger partial charge is 0.497 e. The summed E-state index contributed by atoms with van der Waals surface area (Å²) in [5.41, 5.74) is 3.18. The molecule has 0 spiro atoms. The average Bonchev–Trinajstić information content (AvgIpc) is 2.96. The maximum Gasteiger partial charge on any atom is 0.235 e. The number of hydrogen-bond donors (Lipinski definition) is 1. The van der Waals surface area contributed by atoms with Crippen molar-refractivity contribution in [3.8, 4) is 17.5 Å². The zero-order chi connectivity index (χ0) is 20.1. The summed E-state index contributed by atoms with van der Waals surface area (Å²) < 4.78 is 7.13. The van der Waals surface area contributed by atoms with Crippen molar-refractivity contribution >= 4 is 23.5 Å². The SMILES string of the molecule is COc1cccc(SCC(=O)Nc2c(C#N)c(C)c(C)n2-c2ccccc2)c1. The molecule has 142 valence electrons. The van der Waals surface area contributed by atoms with Gasteiger partial charge in [-0.1, -0.05) is 24.3 Å². The Morgan fingerprint density at radius 2 is 1.93 bits per heavy atom. The Labute approximate surface area is 168 Å². The molecule has 1 amide bonds. The van der Waals surface area contributed by atoms with Gasteiger partial charge in [-0.05, 0) is 49.7 Å². The van der Waals surface area contributed by atoms with E-state index in [1.165, 1.54) is 11.8 Å². The molecular formula is C22H21N3O2S. The zero-order valence-corrected chi connectivity index (χ0v) is 16.8. The number of nitrogens with one attached hydrogen (secondary N) is 1. The predicted octanol–water partition coefficient (Wildman–Crippen LogP) is 4.71. The number of hydrogen-bond acceptors (Lipinski definition) is 4. The molecule has 1 heterocycles. The molecule has 2 aromatic carbocycles. The van der Waals surface area contributed by atoms with Crippen molar-refractivity contribution in [2.45, 2.75) is 18.7 Å². The molecule has 0 bridgehead atoms. The van der Waals surface area contributed by atoms with Gasteiger partial charge in [-0.2, -0.15) is 5.26 Å². The van der Waals surface area contributed by atoms with Gasteiger partial charge in [0.2, 0.25) is 5.91 Å². The van der Waals surface area contributed by atoms with Crippen LogP contribution in [0, 0.1) is 25.2 Å². The number of nitriles is 1. The standard InChI is InChI=1S/C22H21N3O2S/c1-15-16(2)25(17-8-5-4-6-9-17)22(20(15)13-23)24-21(26)14-28-19-11-7-10-18(12-19)27-3/h4-12H,14H2,1-3H3,(H,24,26). The van der Waals surface area contributed by atoms with E-state index >= 15 is 0 Å². The molecule has 1 aromatic heterocycles. The van der Waals surface area contributed by atoms with Gasteiger partial charge in [-0.3, -0.25) is 9.36 Å². The lowest BCUT2D eigenvalue weighted by atomic mass is 10.2. The first-order valence-corrected chi connectivity index (χ1v) is 9.77. The number of nitrogens with zero attached hydrogens (tertiary/aromatic N) is 2. The average molecular weight is 391 g/mol. The van der Waals surface area contributed by atoms with Crippen LogP contribution >= 0.6 is 11.8 Å². The van der Waals surface area contributed by atoms with Crippen LogP contribution in [0.2, 0.25) is 0 Å². The van der Waals surface area contributed by atoms with Gasteiger partial charge in [0.25, 0.3) is 0 Å². The molecule has 28 heavy (non-hydrogen) atoms. The third-order valence-electron chi connectivity index (χ3n) is 4.51. The first-order valence-electron chi connectivity index (χ1n) is 8.79. The van der Waals surface area contributed by atoms with Crippen LogP contribution in [0.3, 0.4) is 0 Å². The number of methoxy groups -OCH3 is 1. The lowest BCUT2D eigenvalue weighted by Gasteiger charge is -2.13. The van der Waals surface area contributed by atoms with E-state index in [1.54, 1.807) is 7.11 Å². The van der Waals surface area contributed by atoms with Crippen LogP contribution in [0.15, 0.2) is 59.5 Å². The van der Waals surface area contributed by atoms with Gasteiger partial charge in [0.1, 0.15) is 17.6 Å². The van der Waals surface area contributed by atoms with Crippen LogP contribution in [0.1, 0.15) is 16.8 Å². The summed E-state index contributed by atoms with van der Waals surface area (Å²) in [7, 11) is 1.61. The van der Waals surface area contributed by atoms with Crippen molar-refractivity contribution in [1.82, 2.24) is 4.57 Å². The summed E-state index contributed by atoms with van der Waals surface area (Å²) in [5.74, 6) is 1.33. The smallest absolute Gasteiger partial charge is 0.235 e. The predicted molar refractivity (Wildman–Crippen MR) is 112 cm³/mol. The fourth-order valence-corrected chi connectivity index (χ4v) is 3.71. The highest BCUT2D eigenvalue weighted by Crippen LogP contribution is 2.30. The number of rotatable bonds is 6. The van der Waals surface area contributed by atoms with E-state index in [-0.39, 0.29) is 11.7 Å². The number of para-hydroxylation sites is 1. The first kappa shape index (κ1) is 19.6. The number of amides is 1. The van der Waals surface area contributed by atoms with E-state index in [1.807, 2.05) is 73.0 Å². The van der Waals surface area contributed by atoms with E-state index < -0.39 is 0 Å². The van der Waals surface area contributed by atoms with Crippen LogP contribution in [-0.2, 0) is 4.79 Å². The Hall–Kier alpha value is -3.17. The van der Waals surface area contributed by atoms with E-state index in [0.717, 1.165) is 27.6 Å². The Bertz CT molecular complexity index is 1040. The van der Waals surface area contributed by atoms with Gasteiger partial charge >= 0.3 is 0 Å². The molecule has 3 aromatic rings. The second-order valence-electron chi connectivity index (χ2n) is 6.23. The molecule has 0 aliphatic rings. The number of carbonyl (C=O) groups is 1. The number of carbonyl (C=O) groups excluding carboxylic acids is 1. The molecule has 0 saturated heterocycles. The highest BCUT2D eigenvalue weighted by atomic mass is 32.2. The Morgan fingerprint density at radius 3 is 2.61 bits per heavy atom. The Balaban J connectivity index is 1.84. The van der Waals surface area contributed by atoms with Gasteiger partial charge in [0, 0.05) is 16.3 Å². The molecule has 0 aliphatic carbocycles. The van der Waals surface area contributed by atoms with Crippen molar-refractivity contribution < 1.29 is 9.53 Å². The Morgan fingerprint density at radius 1 is 1.18 bits per heavy atom. The maximum absolute atomic E-state index is 12.6. The van der Waals surface area contributed by atoms with Gasteiger partial charge in [-0.15, -0.1) is 11.8 Å². The number of ether oxygens (including phenoxy) is 1. The molecule has 0 aliphatic heterocycles. The molecule has 1 N–H and O–H groups in total. The van der Waals surface area contributed by atoms with Crippen LogP contribution < -0.4 is 10.1 Å². The highest BCUT2D eigenvalue weighted by Gasteiger charge is 2.20. The molecule has 6 heteroatoms. The summed E-state index contributed by atoms with van der Waals surface area (Å²) in [5, 5.41) is 12.6. The normalized spacial score (nSPS) is 10.4. The second kappa shape index (κ2) is 8.68. The minimum absolute atomic E-state index is 0.168. The second-order valence-corrected chi connectivity index (χ2v) is 7.28. The molecule has 5 nitrogen and oxygen atoms in total. The van der Waals surface area contributed by atoms with Crippen LogP contribution in [-0.4, -0.2) is 23.3 Å². The Kier molecular flexibility index (Phi) is 6.07. The van der Waals surface area contributed by atoms with E-state index in [9.17, 15) is 10.1 Å². The molecule has 3 rings (SSSR count). The first-order chi connectivity index (χ1) is 13.5. The molecule has 0 atom stereocenters. The third-order valence-corrected chi connectivity index (χ3v) is 5.50. The van der Waals surface area contributed by atoms with Crippen LogP contribution in [0.5, 0.6) is 5.75 Å². The fraction of sp³-hybridized carbons (Fsp3) is 0.182. The fourth-order valence-electron chi connectivity index (χ4n) is 2.97. The number of benzene rings is 2. The third kappa shape index (κ3) is 4.05. The van der Waals surface area contributed by atoms with Crippen molar-refractivity contribution in [2.24, 2.45) is 0 Å². The number of anilines is 1. The van der Waals surface area contributed by atoms with Crippen molar-refractivity contribution in [1.29, 1.82) is 5.26 Å². The van der Waals surface area contributed by atoms with Gasteiger partial charge in [0.05, 0.1) is 18.4 Å². The van der Waals surface area contributed by atoms with Crippen molar-refractivity contribution in [3.63, 3.8) is 0 Å². The summed E-state index contributed by atoms with van der Waals surface area (Å²) in [6.07, 6.45) is 0. The van der Waals surface area contributed by atoms with Crippen molar-refractivity contribution in [2.75, 3.05) is 18.2 Å². The van der Waals surface area contributed by atoms with Crippen LogP contribution in [0.4, 0.5) is 5.82 Å². The maximum atomic E-state index is 12.6. The minimum atomic E-state index is -0.168. The molecule has 0 fully saturated rings. The monoisotopic (exact) mass is 391 g/mol. The lowest BCUT2D eigenvalue weighted by Crippen LogP contribution is -2.17. The number of thioether (sulfide) groups is 1. The lowest BCUT2D eigenvalue weighted by molar-refractivity contribution is -0.113. The minimum Gasteiger partial charge on any atom is -0.497 e. The molecular weight excluding hydrogens is 370 g/mol. The molecule has 0 saturated carbocycles. The zero-order valence-electron chi connectivity index (χ0n) is 16.0. The summed E-state index contributed by atoms with van der Waals surface area (Å²) in [6.45, 7) is 3.85. The van der Waals surface area contributed by atoms with E-state index in [4.69, 9.17) is 4.74 Å².